The summed E-state index contributed by atoms with van der Waals surface area (Å²) < 4.78 is 12.7. The Balaban J connectivity index is 3.07. The molecule has 0 fully saturated rings. The van der Waals surface area contributed by atoms with Crippen LogP contribution in [0.5, 0.6) is 0 Å². The molecule has 0 bridgehead atoms. The number of hydrogen-bond donors (Lipinski definition) is 1. The summed E-state index contributed by atoms with van der Waals surface area (Å²) in [5, 5.41) is 2.35. The molecule has 0 aliphatic carbocycles. The van der Waals surface area contributed by atoms with Crippen LogP contribution in [0, 0.1) is 5.82 Å². The van der Waals surface area contributed by atoms with Crippen LogP contribution in [0.4, 0.5) is 10.1 Å². The lowest BCUT2D eigenvalue weighted by molar-refractivity contribution is -0.114. The monoisotopic (exact) mass is 181 g/mol. The van der Waals surface area contributed by atoms with E-state index in [1.807, 2.05) is 0 Å². The van der Waals surface area contributed by atoms with E-state index >= 15 is 0 Å². The van der Waals surface area contributed by atoms with E-state index < -0.39 is 5.82 Å². The predicted octanol–water partition coefficient (Wildman–Crippen LogP) is 1.60. The molecule has 0 aliphatic rings. The van der Waals surface area contributed by atoms with Crippen molar-refractivity contribution in [1.29, 1.82) is 0 Å². The van der Waals surface area contributed by atoms with Crippen molar-refractivity contribution in [3.8, 4) is 0 Å². The standard InChI is InChI=1S/C9H8FNO2/c1-6(13)11-9-4-8(10)3-2-7(9)5-12/h2-5H,1H3,(H,11,13). The van der Waals surface area contributed by atoms with Crippen LogP contribution < -0.4 is 5.32 Å². The second kappa shape index (κ2) is 3.80. The van der Waals surface area contributed by atoms with Crippen molar-refractivity contribution < 1.29 is 14.0 Å². The van der Waals surface area contributed by atoms with Gasteiger partial charge in [0.25, 0.3) is 0 Å². The number of anilines is 1. The fourth-order valence-electron chi connectivity index (χ4n) is 0.929. The first kappa shape index (κ1) is 9.38. The van der Waals surface area contributed by atoms with Crippen LogP contribution in [0.15, 0.2) is 18.2 Å². The maximum atomic E-state index is 12.7. The molecule has 0 spiro atoms. The predicted molar refractivity (Wildman–Crippen MR) is 46.1 cm³/mol. The van der Waals surface area contributed by atoms with Gasteiger partial charge >= 0.3 is 0 Å². The van der Waals surface area contributed by atoms with Gasteiger partial charge in [-0.15, -0.1) is 0 Å². The molecular formula is C9H8FNO2. The van der Waals surface area contributed by atoms with Gasteiger partial charge < -0.3 is 5.32 Å². The molecule has 0 saturated carbocycles. The number of halogens is 1. The molecule has 0 heterocycles. The number of amides is 1. The quantitative estimate of drug-likeness (QED) is 0.704. The van der Waals surface area contributed by atoms with Crippen molar-refractivity contribution in [1.82, 2.24) is 0 Å². The summed E-state index contributed by atoms with van der Waals surface area (Å²) in [7, 11) is 0. The fourth-order valence-corrected chi connectivity index (χ4v) is 0.929. The molecule has 4 heteroatoms. The van der Waals surface area contributed by atoms with E-state index in [4.69, 9.17) is 0 Å². The topological polar surface area (TPSA) is 46.2 Å². The molecule has 1 aromatic rings. The molecular weight excluding hydrogens is 173 g/mol. The SMILES string of the molecule is CC(=O)Nc1cc(F)ccc1C=O. The minimum absolute atomic E-state index is 0.197. The highest BCUT2D eigenvalue weighted by Crippen LogP contribution is 2.14. The third-order valence-electron chi connectivity index (χ3n) is 1.45. The van der Waals surface area contributed by atoms with E-state index in [9.17, 15) is 14.0 Å². The van der Waals surface area contributed by atoms with E-state index in [-0.39, 0.29) is 17.2 Å². The summed E-state index contributed by atoms with van der Waals surface area (Å²) in [6.45, 7) is 1.29. The summed E-state index contributed by atoms with van der Waals surface area (Å²) in [5.74, 6) is -0.831. The van der Waals surface area contributed by atoms with Crippen molar-refractivity contribution in [3.63, 3.8) is 0 Å². The largest absolute Gasteiger partial charge is 0.326 e. The maximum absolute atomic E-state index is 12.7. The smallest absolute Gasteiger partial charge is 0.221 e. The molecule has 0 aromatic heterocycles. The minimum atomic E-state index is -0.491. The van der Waals surface area contributed by atoms with E-state index in [0.717, 1.165) is 12.1 Å². The molecule has 68 valence electrons. The Morgan fingerprint density at radius 2 is 2.23 bits per heavy atom. The van der Waals surface area contributed by atoms with E-state index in [1.165, 1.54) is 13.0 Å². The molecule has 1 amide bonds. The van der Waals surface area contributed by atoms with Crippen LogP contribution >= 0.6 is 0 Å². The van der Waals surface area contributed by atoms with Gasteiger partial charge in [-0.05, 0) is 18.2 Å². The van der Waals surface area contributed by atoms with Gasteiger partial charge in [-0.3, -0.25) is 9.59 Å². The second-order valence-corrected chi connectivity index (χ2v) is 2.53. The first-order valence-corrected chi connectivity index (χ1v) is 3.66. The Kier molecular flexibility index (Phi) is 2.74. The van der Waals surface area contributed by atoms with Crippen LogP contribution in [0.25, 0.3) is 0 Å². The number of benzene rings is 1. The zero-order chi connectivity index (χ0) is 9.84. The Morgan fingerprint density at radius 1 is 1.54 bits per heavy atom. The van der Waals surface area contributed by atoms with Crippen LogP contribution in [-0.4, -0.2) is 12.2 Å². The normalized spacial score (nSPS) is 9.38. The van der Waals surface area contributed by atoms with E-state index in [1.54, 1.807) is 0 Å². The Morgan fingerprint density at radius 3 is 2.77 bits per heavy atom. The molecule has 0 unspecified atom stereocenters. The number of carbonyl (C=O) groups excluding carboxylic acids is 2. The summed E-state index contributed by atoms with van der Waals surface area (Å²) >= 11 is 0. The summed E-state index contributed by atoms with van der Waals surface area (Å²) in [4.78, 5) is 21.1. The van der Waals surface area contributed by atoms with Gasteiger partial charge in [-0.1, -0.05) is 0 Å². The zero-order valence-electron chi connectivity index (χ0n) is 7.00. The van der Waals surface area contributed by atoms with Gasteiger partial charge in [0.05, 0.1) is 5.69 Å². The summed E-state index contributed by atoms with van der Waals surface area (Å²) in [6.07, 6.45) is 0.560. The number of carbonyl (C=O) groups is 2. The Bertz CT molecular complexity index is 349. The first-order chi connectivity index (χ1) is 6.13. The number of hydrogen-bond acceptors (Lipinski definition) is 2. The first-order valence-electron chi connectivity index (χ1n) is 3.66. The Hall–Kier alpha value is -1.71. The zero-order valence-corrected chi connectivity index (χ0v) is 7.00. The minimum Gasteiger partial charge on any atom is -0.326 e. The highest BCUT2D eigenvalue weighted by Gasteiger charge is 2.03. The highest BCUT2D eigenvalue weighted by molar-refractivity contribution is 5.95. The van der Waals surface area contributed by atoms with Crippen molar-refractivity contribution in [2.24, 2.45) is 0 Å². The second-order valence-electron chi connectivity index (χ2n) is 2.53. The fraction of sp³-hybridized carbons (Fsp3) is 0.111. The number of nitrogens with one attached hydrogen (secondary N) is 1. The third kappa shape index (κ3) is 2.37. The highest BCUT2D eigenvalue weighted by atomic mass is 19.1. The third-order valence-corrected chi connectivity index (χ3v) is 1.45. The lowest BCUT2D eigenvalue weighted by Crippen LogP contribution is -2.08. The molecule has 0 saturated heterocycles. The van der Waals surface area contributed by atoms with Gasteiger partial charge in [0.2, 0.25) is 5.91 Å². The van der Waals surface area contributed by atoms with Gasteiger partial charge in [-0.2, -0.15) is 0 Å². The molecule has 1 N–H and O–H groups in total. The molecule has 0 atom stereocenters. The van der Waals surface area contributed by atoms with Crippen LogP contribution in [0.3, 0.4) is 0 Å². The summed E-state index contributed by atoms with van der Waals surface area (Å²) in [6, 6.07) is 3.58. The molecule has 3 nitrogen and oxygen atoms in total. The van der Waals surface area contributed by atoms with Crippen LogP contribution in [0.2, 0.25) is 0 Å². The van der Waals surface area contributed by atoms with E-state index in [0.29, 0.717) is 6.29 Å². The van der Waals surface area contributed by atoms with Gasteiger partial charge in [-0.25, -0.2) is 4.39 Å². The number of aldehydes is 1. The molecule has 1 rings (SSSR count). The van der Waals surface area contributed by atoms with Gasteiger partial charge in [0, 0.05) is 12.5 Å². The van der Waals surface area contributed by atoms with Crippen molar-refractivity contribution >= 4 is 17.9 Å². The lowest BCUT2D eigenvalue weighted by Gasteiger charge is -2.04. The molecule has 0 radical (unpaired) electrons. The Labute approximate surface area is 74.6 Å². The summed E-state index contributed by atoms with van der Waals surface area (Å²) in [5.41, 5.74) is 0.458. The van der Waals surface area contributed by atoms with Crippen molar-refractivity contribution in [2.75, 3.05) is 5.32 Å². The van der Waals surface area contributed by atoms with Gasteiger partial charge in [0.15, 0.2) is 6.29 Å². The number of rotatable bonds is 2. The average Bonchev–Trinajstić information content (AvgIpc) is 2.03. The van der Waals surface area contributed by atoms with Crippen molar-refractivity contribution in [2.45, 2.75) is 6.92 Å². The molecule has 13 heavy (non-hydrogen) atoms. The van der Waals surface area contributed by atoms with Crippen LogP contribution in [-0.2, 0) is 4.79 Å². The average molecular weight is 181 g/mol. The lowest BCUT2D eigenvalue weighted by atomic mass is 10.2. The molecule has 1 aromatic carbocycles. The van der Waals surface area contributed by atoms with E-state index in [2.05, 4.69) is 5.32 Å². The van der Waals surface area contributed by atoms with Crippen molar-refractivity contribution in [3.05, 3.63) is 29.6 Å². The maximum Gasteiger partial charge on any atom is 0.221 e. The van der Waals surface area contributed by atoms with Gasteiger partial charge in [0.1, 0.15) is 5.82 Å². The van der Waals surface area contributed by atoms with Crippen LogP contribution in [0.1, 0.15) is 17.3 Å². The molecule has 0 aliphatic heterocycles.